The third kappa shape index (κ3) is 6.64. The molecule has 0 aliphatic carbocycles. The van der Waals surface area contributed by atoms with Gasteiger partial charge in [0.25, 0.3) is 0 Å². The normalized spacial score (nSPS) is 12.4. The van der Waals surface area contributed by atoms with Crippen LogP contribution in [0.4, 0.5) is 4.39 Å². The number of rotatable bonds is 4. The Kier molecular flexibility index (Phi) is 8.48. The fraction of sp³-hybridized carbons (Fsp3) is 0.105. The fourth-order valence-corrected chi connectivity index (χ4v) is 7.19. The quantitative estimate of drug-likeness (QED) is 0.131. The molecule has 0 fully saturated rings. The van der Waals surface area contributed by atoms with Crippen LogP contribution >= 0.6 is 11.3 Å². The fourth-order valence-electron chi connectivity index (χ4n) is 4.94. The van der Waals surface area contributed by atoms with Crippen LogP contribution in [0, 0.1) is 24.8 Å². The third-order valence-corrected chi connectivity index (χ3v) is 10.5. The number of halogens is 1. The summed E-state index contributed by atoms with van der Waals surface area (Å²) in [6.07, 6.45) is 3.44. The van der Waals surface area contributed by atoms with E-state index in [0.717, 1.165) is 37.2 Å². The Bertz CT molecular complexity index is 2130. The summed E-state index contributed by atoms with van der Waals surface area (Å²) in [5.41, 5.74) is 5.03. The summed E-state index contributed by atoms with van der Waals surface area (Å²) < 4.78 is 39.9. The summed E-state index contributed by atoms with van der Waals surface area (Å²) in [6.45, 7) is 4.71. The van der Waals surface area contributed by atoms with Gasteiger partial charge in [-0.25, -0.2) is 4.39 Å². The van der Waals surface area contributed by atoms with Crippen molar-refractivity contribution in [2.24, 2.45) is 0 Å². The number of fused-ring (bicyclic) bond motifs is 3. The van der Waals surface area contributed by atoms with Crippen LogP contribution in [0.2, 0.25) is 19.6 Å². The molecule has 0 aliphatic heterocycles. The Morgan fingerprint density at radius 1 is 0.795 bits per heavy atom. The second kappa shape index (κ2) is 13.5. The Morgan fingerprint density at radius 2 is 1.59 bits per heavy atom. The van der Waals surface area contributed by atoms with Gasteiger partial charge in [-0.1, -0.05) is 79.6 Å². The zero-order valence-electron chi connectivity index (χ0n) is 27.5. The van der Waals surface area contributed by atoms with Crippen molar-refractivity contribution >= 4 is 44.8 Å². The molecule has 4 aromatic carbocycles. The largest absolute Gasteiger partial charge is 0.305 e. The molecule has 44 heavy (non-hydrogen) atoms. The molecule has 221 valence electrons. The predicted molar refractivity (Wildman–Crippen MR) is 183 cm³/mol. The molecular formula is C38H31FIrN2SSi-2. The average Bonchev–Trinajstić information content (AvgIpc) is 3.45. The molecule has 0 amide bonds. The molecule has 0 bridgehead atoms. The summed E-state index contributed by atoms with van der Waals surface area (Å²) in [5, 5.41) is 2.80. The predicted octanol–water partition coefficient (Wildman–Crippen LogP) is 10.1. The van der Waals surface area contributed by atoms with Gasteiger partial charge in [-0.05, 0) is 56.9 Å². The maximum absolute atomic E-state index is 14.5. The first-order chi connectivity index (χ1) is 22.0. The Balaban J connectivity index is 0.000000217. The zero-order chi connectivity index (χ0) is 32.5. The minimum atomic E-state index is -2.28. The van der Waals surface area contributed by atoms with E-state index in [1.807, 2.05) is 72.9 Å². The molecule has 0 aliphatic rings. The maximum Gasteiger partial charge on any atom is 0.130 e. The number of aromatic nitrogens is 2. The summed E-state index contributed by atoms with van der Waals surface area (Å²) in [4.78, 5) is 8.98. The molecule has 0 N–H and O–H groups in total. The van der Waals surface area contributed by atoms with E-state index < -0.39 is 14.9 Å². The second-order valence-corrected chi connectivity index (χ2v) is 17.4. The zero-order valence-corrected chi connectivity index (χ0v) is 28.7. The van der Waals surface area contributed by atoms with E-state index in [9.17, 15) is 4.39 Å². The Morgan fingerprint density at radius 3 is 2.30 bits per heavy atom. The molecule has 2 nitrogen and oxygen atoms in total. The van der Waals surface area contributed by atoms with Crippen molar-refractivity contribution in [1.82, 2.24) is 9.97 Å². The summed E-state index contributed by atoms with van der Waals surface area (Å²) in [6, 6.07) is 38.5. The molecule has 0 saturated heterocycles. The van der Waals surface area contributed by atoms with E-state index in [1.54, 1.807) is 18.2 Å². The van der Waals surface area contributed by atoms with Crippen LogP contribution in [0.3, 0.4) is 0 Å². The van der Waals surface area contributed by atoms with Gasteiger partial charge in [0.2, 0.25) is 0 Å². The molecule has 6 heteroatoms. The van der Waals surface area contributed by atoms with Crippen LogP contribution in [0.25, 0.3) is 53.8 Å². The van der Waals surface area contributed by atoms with Crippen LogP contribution in [0.15, 0.2) is 116 Å². The van der Waals surface area contributed by atoms with Crippen molar-refractivity contribution < 1.29 is 28.6 Å². The molecule has 1 radical (unpaired) electrons. The first-order valence-electron chi connectivity index (χ1n) is 15.5. The first kappa shape index (κ1) is 27.7. The van der Waals surface area contributed by atoms with Gasteiger partial charge in [-0.15, -0.1) is 59.7 Å². The number of hydrogen-bond acceptors (Lipinski definition) is 3. The Labute approximate surface area is 281 Å². The van der Waals surface area contributed by atoms with Crippen molar-refractivity contribution in [3.63, 3.8) is 0 Å². The van der Waals surface area contributed by atoms with Gasteiger partial charge in [0.1, 0.15) is 5.82 Å². The van der Waals surface area contributed by atoms with E-state index in [0.29, 0.717) is 16.6 Å². The number of thiophene rings is 1. The molecule has 0 spiro atoms. The van der Waals surface area contributed by atoms with Crippen molar-refractivity contribution in [2.45, 2.75) is 26.5 Å². The smallest absolute Gasteiger partial charge is 0.130 e. The van der Waals surface area contributed by atoms with Gasteiger partial charge in [0, 0.05) is 46.7 Å². The average molecular weight is 790 g/mol. The third-order valence-electron chi connectivity index (χ3n) is 7.27. The van der Waals surface area contributed by atoms with Gasteiger partial charge in [-0.2, -0.15) is 11.3 Å². The molecule has 0 unspecified atom stereocenters. The van der Waals surface area contributed by atoms with Gasteiger partial charge >= 0.3 is 0 Å². The van der Waals surface area contributed by atoms with Crippen LogP contribution in [-0.4, -0.2) is 18.0 Å². The molecule has 0 atom stereocenters. The molecular weight excluding hydrogens is 756 g/mol. The SMILES string of the molecule is C[Si](C)(C)c1ccc(-c2[c-]cccc2)nc1.[2H]C([2H])([2H])c1cnc(-c2[c-]ccc3c2sc2cccc(F)c23)cc1-c1ccccc1.[Ir]. The second-order valence-electron chi connectivity index (χ2n) is 11.3. The summed E-state index contributed by atoms with van der Waals surface area (Å²) in [5.74, 6) is -0.258. The van der Waals surface area contributed by atoms with Crippen molar-refractivity contribution in [2.75, 3.05) is 0 Å². The number of hydrogen-bond donors (Lipinski definition) is 0. The van der Waals surface area contributed by atoms with E-state index in [1.165, 1.54) is 28.8 Å². The van der Waals surface area contributed by atoms with E-state index in [-0.39, 0.29) is 31.5 Å². The van der Waals surface area contributed by atoms with Crippen molar-refractivity contribution in [3.05, 3.63) is 139 Å². The number of nitrogens with zero attached hydrogens (tertiary/aromatic N) is 2. The van der Waals surface area contributed by atoms with Gasteiger partial charge in [0.05, 0.1) is 8.07 Å². The van der Waals surface area contributed by atoms with E-state index in [2.05, 4.69) is 53.9 Å². The molecule has 3 aromatic heterocycles. The van der Waals surface area contributed by atoms with E-state index in [4.69, 9.17) is 4.11 Å². The van der Waals surface area contributed by atoms with Gasteiger partial charge in [0.15, 0.2) is 0 Å². The van der Waals surface area contributed by atoms with Crippen molar-refractivity contribution in [1.29, 1.82) is 0 Å². The Hall–Kier alpha value is -3.80. The molecule has 3 heterocycles. The summed E-state index contributed by atoms with van der Waals surface area (Å²) >= 11 is 1.49. The number of aryl methyl sites for hydroxylation is 1. The topological polar surface area (TPSA) is 25.8 Å². The van der Waals surface area contributed by atoms with Crippen LogP contribution in [-0.2, 0) is 20.1 Å². The summed E-state index contributed by atoms with van der Waals surface area (Å²) in [7, 11) is -1.23. The maximum atomic E-state index is 14.5. The minimum absolute atomic E-state index is 0. The van der Waals surface area contributed by atoms with Crippen LogP contribution in [0.1, 0.15) is 9.68 Å². The molecule has 7 aromatic rings. The molecule has 7 rings (SSSR count). The van der Waals surface area contributed by atoms with Crippen molar-refractivity contribution in [3.8, 4) is 33.6 Å². The van der Waals surface area contributed by atoms with Gasteiger partial charge in [-0.3, -0.25) is 0 Å². The first-order valence-corrected chi connectivity index (χ1v) is 18.3. The van der Waals surface area contributed by atoms with Crippen LogP contribution in [0.5, 0.6) is 0 Å². The number of benzene rings is 4. The van der Waals surface area contributed by atoms with Gasteiger partial charge < -0.3 is 9.97 Å². The molecule has 0 saturated carbocycles. The standard InChI is InChI=1S/C24H15FNS.C14H16NSi.Ir/c1-15-14-26-21(13-19(15)16-7-3-2-4-8-16)17-9-5-10-18-23-20(25)11-6-12-22(23)27-24(17)18;1-16(2,3)13-9-10-14(15-11-13)12-7-5-4-6-8-12;/h2-8,10-14H,1H3;4-7,9-11H,1-3H3;/q2*-1;/i1D3;;. The number of pyridine rings is 2. The minimum Gasteiger partial charge on any atom is -0.305 e. The monoisotopic (exact) mass is 790 g/mol. The van der Waals surface area contributed by atoms with E-state index >= 15 is 0 Å². The van der Waals surface area contributed by atoms with Crippen LogP contribution < -0.4 is 5.19 Å².